The van der Waals surface area contributed by atoms with E-state index in [1.807, 2.05) is 0 Å². The van der Waals surface area contributed by atoms with Crippen molar-refractivity contribution < 1.29 is 13.0 Å². The van der Waals surface area contributed by atoms with Gasteiger partial charge in [-0.25, -0.2) is 0 Å². The van der Waals surface area contributed by atoms with Crippen LogP contribution in [0.15, 0.2) is 5.10 Å². The van der Waals surface area contributed by atoms with E-state index < -0.39 is 15.1 Å². The van der Waals surface area contributed by atoms with Crippen molar-refractivity contribution in [2.75, 3.05) is 0 Å². The van der Waals surface area contributed by atoms with Crippen molar-refractivity contribution in [3.8, 4) is 0 Å². The molecule has 0 aromatic rings. The SMILES string of the molecule is [N-]=C=N[N+]([O-])=[S-](=O)O. The van der Waals surface area contributed by atoms with Gasteiger partial charge in [0.05, 0.1) is 0 Å². The van der Waals surface area contributed by atoms with Gasteiger partial charge in [0.1, 0.15) is 10.9 Å². The molecule has 0 saturated heterocycles. The van der Waals surface area contributed by atoms with Crippen molar-refractivity contribution in [2.24, 2.45) is 5.10 Å². The molecular weight excluding hydrogens is 134 g/mol. The standard InChI is InChI=1S/CHN3O3S/c2-1-3-4(5)8(6)7/h(H,6,7)/q-2. The Bertz CT molecular complexity index is 197. The zero-order chi connectivity index (χ0) is 6.57. The third kappa shape index (κ3) is 2.43. The van der Waals surface area contributed by atoms with Gasteiger partial charge in [0, 0.05) is 0 Å². The maximum absolute atomic E-state index is 9.72. The lowest BCUT2D eigenvalue weighted by molar-refractivity contribution is -0.439. The van der Waals surface area contributed by atoms with Gasteiger partial charge in [-0.2, -0.15) is 5.10 Å². The summed E-state index contributed by atoms with van der Waals surface area (Å²) < 4.78 is 16.8. The van der Waals surface area contributed by atoms with Crippen LogP contribution in [0.4, 0.5) is 0 Å². The molecule has 0 radical (unpaired) electrons. The molecule has 0 aliphatic heterocycles. The average molecular weight is 135 g/mol. The van der Waals surface area contributed by atoms with E-state index in [0.717, 1.165) is 6.01 Å². The van der Waals surface area contributed by atoms with Gasteiger partial charge in [0.25, 0.3) is 0 Å². The Kier molecular flexibility index (Phi) is 2.97. The summed E-state index contributed by atoms with van der Waals surface area (Å²) in [4.78, 5) is 0. The summed E-state index contributed by atoms with van der Waals surface area (Å²) in [6, 6.07) is 1.03. The van der Waals surface area contributed by atoms with Crippen LogP contribution in [0.25, 0.3) is 5.41 Å². The Morgan fingerprint density at radius 3 is 2.62 bits per heavy atom. The molecule has 0 spiro atoms. The van der Waals surface area contributed by atoms with Crippen LogP contribution >= 0.6 is 0 Å². The Morgan fingerprint density at radius 2 is 2.50 bits per heavy atom. The largest absolute Gasteiger partial charge is 0.560 e. The first kappa shape index (κ1) is 7.25. The molecule has 0 bridgehead atoms. The van der Waals surface area contributed by atoms with Crippen molar-refractivity contribution in [1.82, 2.24) is 0 Å². The van der Waals surface area contributed by atoms with Gasteiger partial charge in [-0.15, -0.1) is 0 Å². The molecule has 46 valence electrons. The first-order chi connectivity index (χ1) is 3.68. The number of nitrogens with zero attached hydrogens (tertiary/aromatic N) is 3. The predicted octanol–water partition coefficient (Wildman–Crippen LogP) is -0.225. The van der Waals surface area contributed by atoms with Gasteiger partial charge in [-0.3, -0.25) is 4.22 Å². The summed E-state index contributed by atoms with van der Waals surface area (Å²) in [7, 11) is -2.72. The Morgan fingerprint density at radius 1 is 2.00 bits per heavy atom. The summed E-state index contributed by atoms with van der Waals surface area (Å²) >= 11 is 0. The van der Waals surface area contributed by atoms with Crippen LogP contribution in [0.5, 0.6) is 0 Å². The van der Waals surface area contributed by atoms with Crippen molar-refractivity contribution in [1.29, 1.82) is 0 Å². The van der Waals surface area contributed by atoms with E-state index in [1.54, 1.807) is 0 Å². The third-order valence-corrected chi connectivity index (χ3v) is 0.609. The van der Waals surface area contributed by atoms with Crippen molar-refractivity contribution in [2.45, 2.75) is 0 Å². The highest BCUT2D eigenvalue weighted by molar-refractivity contribution is 7.66. The molecule has 0 atom stereocenters. The van der Waals surface area contributed by atoms with Gasteiger partial charge in [-0.1, -0.05) is 6.01 Å². The maximum atomic E-state index is 9.72. The molecule has 0 unspecified atom stereocenters. The van der Waals surface area contributed by atoms with Gasteiger partial charge in [0.15, 0.2) is 0 Å². The Labute approximate surface area is 46.6 Å². The maximum Gasteiger partial charge on any atom is 0.113 e. The summed E-state index contributed by atoms with van der Waals surface area (Å²) in [6.45, 7) is 0. The molecule has 0 rings (SSSR count). The van der Waals surface area contributed by atoms with E-state index in [4.69, 9.17) is 9.96 Å². The molecular formula is CHN3O3S-2. The highest BCUT2D eigenvalue weighted by atomic mass is 32.2. The first-order valence-corrected chi connectivity index (χ1v) is 2.43. The van der Waals surface area contributed by atoms with Crippen LogP contribution < -0.4 is 0 Å². The molecule has 1 N–H and O–H groups in total. The zero-order valence-corrected chi connectivity index (χ0v) is 4.33. The van der Waals surface area contributed by atoms with Gasteiger partial charge in [0.2, 0.25) is 0 Å². The van der Waals surface area contributed by atoms with Crippen LogP contribution in [-0.4, -0.2) is 14.8 Å². The Hall–Kier alpha value is -0.750. The molecule has 0 heterocycles. The number of hydrazone groups is 1. The molecule has 7 heteroatoms. The third-order valence-electron chi connectivity index (χ3n) is 0.260. The fourth-order valence-corrected chi connectivity index (χ4v) is 0.178. The Balaban J connectivity index is 4.48. The highest BCUT2D eigenvalue weighted by Crippen LogP contribution is 1.68. The van der Waals surface area contributed by atoms with Crippen molar-refractivity contribution >= 4 is 16.9 Å². The zero-order valence-electron chi connectivity index (χ0n) is 3.51. The molecule has 6 nitrogen and oxygen atoms in total. The van der Waals surface area contributed by atoms with Crippen molar-refractivity contribution in [3.63, 3.8) is 0 Å². The van der Waals surface area contributed by atoms with Gasteiger partial charge >= 0.3 is 0 Å². The summed E-state index contributed by atoms with van der Waals surface area (Å²) in [6.07, 6.45) is 0. The lowest BCUT2D eigenvalue weighted by Crippen LogP contribution is -1.91. The topological polar surface area (TPSA) is 98.0 Å². The van der Waals surface area contributed by atoms with E-state index in [0.29, 0.717) is 0 Å². The molecule has 0 amide bonds. The molecule has 0 aliphatic carbocycles. The molecule has 0 aliphatic rings. The lowest BCUT2D eigenvalue weighted by Gasteiger charge is -2.02. The van der Waals surface area contributed by atoms with Crippen LogP contribution in [0, 0.1) is 5.21 Å². The molecule has 8 heavy (non-hydrogen) atoms. The number of hydrogen-bond acceptors (Lipinski definition) is 3. The number of rotatable bonds is 1. The smallest absolute Gasteiger partial charge is 0.113 e. The number of hydrogen-bond donors (Lipinski definition) is 1. The monoisotopic (exact) mass is 135 g/mol. The minimum absolute atomic E-state index is 0.611. The predicted molar refractivity (Wildman–Crippen MR) is 25.1 cm³/mol. The highest BCUT2D eigenvalue weighted by Gasteiger charge is 1.59. The average Bonchev–Trinajstić information content (AvgIpc) is 1.67. The van der Waals surface area contributed by atoms with E-state index in [1.165, 1.54) is 0 Å². The van der Waals surface area contributed by atoms with E-state index in [9.17, 15) is 9.42 Å². The minimum atomic E-state index is -2.72. The summed E-state index contributed by atoms with van der Waals surface area (Å²) in [5.74, 6) is 0. The normalized spacial score (nSPS) is 14.0. The van der Waals surface area contributed by atoms with E-state index in [2.05, 4.69) is 5.10 Å². The van der Waals surface area contributed by atoms with Gasteiger partial charge in [-0.05, 0) is 0 Å². The quantitative estimate of drug-likeness (QED) is 0.177. The van der Waals surface area contributed by atoms with Crippen LogP contribution in [0.2, 0.25) is 0 Å². The van der Waals surface area contributed by atoms with E-state index in [-0.39, 0.29) is 0 Å². The molecule has 0 aromatic carbocycles. The lowest BCUT2D eigenvalue weighted by atomic mass is 11.6. The fourth-order valence-electron chi connectivity index (χ4n) is 0.0714. The second-order valence-corrected chi connectivity index (χ2v) is 1.44. The molecule has 0 fully saturated rings. The van der Waals surface area contributed by atoms with Gasteiger partial charge < -0.3 is 19.4 Å². The van der Waals surface area contributed by atoms with Crippen molar-refractivity contribution in [3.05, 3.63) is 10.6 Å². The summed E-state index contributed by atoms with van der Waals surface area (Å²) in [5, 5.41) is 19.7. The van der Waals surface area contributed by atoms with E-state index >= 15 is 0 Å². The first-order valence-electron chi connectivity index (χ1n) is 1.36. The minimum Gasteiger partial charge on any atom is -0.560 e. The fraction of sp³-hybridized carbons (Fsp3) is 0. The van der Waals surface area contributed by atoms with Crippen LogP contribution in [-0.2, 0) is 15.1 Å². The summed E-state index contributed by atoms with van der Waals surface area (Å²) in [5.41, 5.74) is 0. The second kappa shape index (κ2) is 3.28. The molecule has 0 aromatic heterocycles. The molecule has 0 saturated carbocycles. The van der Waals surface area contributed by atoms with Crippen LogP contribution in [0.1, 0.15) is 0 Å². The second-order valence-electron chi connectivity index (χ2n) is 0.669. The van der Waals surface area contributed by atoms with Crippen LogP contribution in [0.3, 0.4) is 0 Å².